The number of primary amides is 1. The maximum absolute atomic E-state index is 11.1. The highest BCUT2D eigenvalue weighted by Crippen LogP contribution is 2.39. The summed E-state index contributed by atoms with van der Waals surface area (Å²) in [6, 6.07) is 17.3. The fourth-order valence-corrected chi connectivity index (χ4v) is 5.48. The molecule has 0 aliphatic heterocycles. The van der Waals surface area contributed by atoms with Gasteiger partial charge in [0.25, 0.3) is 0 Å². The molecule has 1 amide bonds. The van der Waals surface area contributed by atoms with Gasteiger partial charge in [-0.15, -0.1) is 11.3 Å². The van der Waals surface area contributed by atoms with Crippen molar-refractivity contribution < 1.29 is 4.79 Å². The van der Waals surface area contributed by atoms with Crippen LogP contribution in [0.15, 0.2) is 61.1 Å². The number of aromatic nitrogens is 3. The highest BCUT2D eigenvalue weighted by atomic mass is 32.1. The Morgan fingerprint density at radius 3 is 2.70 bits per heavy atom. The summed E-state index contributed by atoms with van der Waals surface area (Å²) in [6.45, 7) is 0. The lowest BCUT2D eigenvalue weighted by atomic mass is 10.0. The van der Waals surface area contributed by atoms with Crippen molar-refractivity contribution in [3.63, 3.8) is 0 Å². The van der Waals surface area contributed by atoms with Gasteiger partial charge in [0.1, 0.15) is 5.01 Å². The van der Waals surface area contributed by atoms with Crippen molar-refractivity contribution in [1.29, 1.82) is 0 Å². The van der Waals surface area contributed by atoms with Gasteiger partial charge in [0.2, 0.25) is 5.91 Å². The third kappa shape index (κ3) is 3.75. The normalized spacial score (nSPS) is 18.8. The number of carbonyl (C=O) groups excluding carboxylic acids is 1. The molecule has 2 N–H and O–H groups in total. The maximum Gasteiger partial charge on any atom is 0.217 e. The van der Waals surface area contributed by atoms with Gasteiger partial charge < -0.3 is 10.3 Å². The van der Waals surface area contributed by atoms with Gasteiger partial charge in [0, 0.05) is 18.0 Å². The van der Waals surface area contributed by atoms with Crippen LogP contribution in [-0.2, 0) is 4.79 Å². The van der Waals surface area contributed by atoms with Crippen LogP contribution in [-0.4, -0.2) is 20.4 Å². The predicted molar refractivity (Wildman–Crippen MR) is 121 cm³/mol. The third-order valence-electron chi connectivity index (χ3n) is 6.09. The summed E-state index contributed by atoms with van der Waals surface area (Å²) in [6.07, 6.45) is 8.62. The summed E-state index contributed by atoms with van der Waals surface area (Å²) in [5.41, 5.74) is 9.81. The Kier molecular flexibility index (Phi) is 5.09. The molecule has 2 aromatic heterocycles. The molecule has 0 unspecified atom stereocenters. The van der Waals surface area contributed by atoms with E-state index >= 15 is 0 Å². The van der Waals surface area contributed by atoms with Gasteiger partial charge >= 0.3 is 0 Å². The molecule has 0 radical (unpaired) electrons. The molecule has 5 nitrogen and oxygen atoms in total. The Balaban J connectivity index is 1.35. The van der Waals surface area contributed by atoms with E-state index in [1.807, 2.05) is 18.6 Å². The number of rotatable bonds is 6. The first-order chi connectivity index (χ1) is 14.7. The average molecular weight is 417 g/mol. The van der Waals surface area contributed by atoms with Crippen LogP contribution in [0.3, 0.4) is 0 Å². The van der Waals surface area contributed by atoms with E-state index in [9.17, 15) is 4.79 Å². The lowest BCUT2D eigenvalue weighted by Crippen LogP contribution is -2.12. The molecule has 2 aromatic carbocycles. The smallest absolute Gasteiger partial charge is 0.217 e. The molecule has 5 rings (SSSR count). The van der Waals surface area contributed by atoms with Crippen molar-refractivity contribution in [1.82, 2.24) is 14.5 Å². The number of hydrogen-bond donors (Lipinski definition) is 1. The summed E-state index contributed by atoms with van der Waals surface area (Å²) < 4.78 is 3.51. The van der Waals surface area contributed by atoms with Crippen molar-refractivity contribution in [3.8, 4) is 21.8 Å². The number of benzene rings is 2. The van der Waals surface area contributed by atoms with Crippen LogP contribution in [0.25, 0.3) is 32.0 Å². The zero-order valence-electron chi connectivity index (χ0n) is 16.7. The molecule has 2 heterocycles. The second-order valence-electron chi connectivity index (χ2n) is 8.09. The van der Waals surface area contributed by atoms with Crippen LogP contribution >= 0.6 is 11.3 Å². The van der Waals surface area contributed by atoms with Crippen LogP contribution in [0, 0.1) is 5.92 Å². The highest BCUT2D eigenvalue weighted by molar-refractivity contribution is 7.21. The Labute approximate surface area is 179 Å². The number of para-hydroxylation sites is 1. The van der Waals surface area contributed by atoms with Gasteiger partial charge in [-0.3, -0.25) is 4.79 Å². The summed E-state index contributed by atoms with van der Waals surface area (Å²) >= 11 is 1.72. The molecule has 1 saturated carbocycles. The third-order valence-corrected chi connectivity index (χ3v) is 7.18. The molecule has 30 heavy (non-hydrogen) atoms. The van der Waals surface area contributed by atoms with E-state index in [1.54, 1.807) is 11.3 Å². The Bertz CT molecular complexity index is 1140. The van der Waals surface area contributed by atoms with Gasteiger partial charge in [-0.05, 0) is 49.3 Å². The minimum absolute atomic E-state index is 0.199. The molecule has 0 bridgehead atoms. The molecule has 1 aliphatic rings. The summed E-state index contributed by atoms with van der Waals surface area (Å²) in [7, 11) is 0. The van der Waals surface area contributed by atoms with Crippen molar-refractivity contribution in [3.05, 3.63) is 61.1 Å². The van der Waals surface area contributed by atoms with Crippen molar-refractivity contribution >= 4 is 27.5 Å². The lowest BCUT2D eigenvalue weighted by molar-refractivity contribution is -0.118. The number of nitrogens with two attached hydrogens (primary N) is 1. The molecule has 4 aromatic rings. The van der Waals surface area contributed by atoms with Gasteiger partial charge in [-0.25, -0.2) is 9.97 Å². The van der Waals surface area contributed by atoms with Crippen LogP contribution < -0.4 is 5.73 Å². The van der Waals surface area contributed by atoms with E-state index in [0.29, 0.717) is 18.4 Å². The quantitative estimate of drug-likeness (QED) is 0.455. The standard InChI is InChI=1S/C24H24N4OS/c25-23(29)12-6-16-5-11-19(13-16)28-15-26-14-21(28)17-7-9-18(10-8-17)24-27-20-3-1-2-4-22(20)30-24/h1-4,7-10,14-16,19H,5-6,11-13H2,(H2,25,29)/t16-,19+/m0/s1. The lowest BCUT2D eigenvalue weighted by Gasteiger charge is -2.16. The van der Waals surface area contributed by atoms with Gasteiger partial charge in [-0.1, -0.05) is 36.4 Å². The molecule has 2 atom stereocenters. The highest BCUT2D eigenvalue weighted by Gasteiger charge is 2.27. The topological polar surface area (TPSA) is 73.8 Å². The van der Waals surface area contributed by atoms with Crippen LogP contribution in [0.5, 0.6) is 0 Å². The molecule has 0 saturated heterocycles. The first-order valence-corrected chi connectivity index (χ1v) is 11.3. The number of hydrogen-bond acceptors (Lipinski definition) is 4. The summed E-state index contributed by atoms with van der Waals surface area (Å²) in [4.78, 5) is 20.3. The van der Waals surface area contributed by atoms with E-state index in [4.69, 9.17) is 10.7 Å². The molecule has 6 heteroatoms. The van der Waals surface area contributed by atoms with E-state index in [0.717, 1.165) is 53.0 Å². The molecular weight excluding hydrogens is 392 g/mol. The van der Waals surface area contributed by atoms with Crippen LogP contribution in [0.1, 0.15) is 38.1 Å². The minimum atomic E-state index is -0.199. The fraction of sp³-hybridized carbons (Fsp3) is 0.292. The van der Waals surface area contributed by atoms with E-state index < -0.39 is 0 Å². The Hall–Kier alpha value is -2.99. The monoisotopic (exact) mass is 416 g/mol. The molecule has 0 spiro atoms. The number of imidazole rings is 1. The summed E-state index contributed by atoms with van der Waals surface area (Å²) in [5.74, 6) is 0.370. The molecule has 152 valence electrons. The number of amides is 1. The number of nitrogens with zero attached hydrogens (tertiary/aromatic N) is 3. The molecule has 1 fully saturated rings. The predicted octanol–water partition coefficient (Wildman–Crippen LogP) is 5.43. The number of thiazole rings is 1. The van der Waals surface area contributed by atoms with E-state index in [2.05, 4.69) is 52.0 Å². The second-order valence-corrected chi connectivity index (χ2v) is 9.12. The minimum Gasteiger partial charge on any atom is -0.370 e. The SMILES string of the molecule is NC(=O)CC[C@@H]1CC[C@@H](n2cncc2-c2ccc(-c3nc4ccccc4s3)cc2)C1. The average Bonchev–Trinajstić information content (AvgIpc) is 3.51. The van der Waals surface area contributed by atoms with E-state index in [-0.39, 0.29) is 5.91 Å². The molecule has 1 aliphatic carbocycles. The summed E-state index contributed by atoms with van der Waals surface area (Å²) in [5, 5.41) is 1.05. The zero-order valence-corrected chi connectivity index (χ0v) is 17.5. The number of fused-ring (bicyclic) bond motifs is 1. The largest absolute Gasteiger partial charge is 0.370 e. The van der Waals surface area contributed by atoms with Crippen LogP contribution in [0.2, 0.25) is 0 Å². The van der Waals surface area contributed by atoms with Crippen LogP contribution in [0.4, 0.5) is 0 Å². The Morgan fingerprint density at radius 2 is 1.90 bits per heavy atom. The first-order valence-electron chi connectivity index (χ1n) is 10.4. The molecular formula is C24H24N4OS. The van der Waals surface area contributed by atoms with Crippen molar-refractivity contribution in [2.45, 2.75) is 38.1 Å². The first kappa shape index (κ1) is 19.0. The van der Waals surface area contributed by atoms with Crippen molar-refractivity contribution in [2.75, 3.05) is 0 Å². The van der Waals surface area contributed by atoms with E-state index in [1.165, 1.54) is 4.70 Å². The maximum atomic E-state index is 11.1. The zero-order chi connectivity index (χ0) is 20.5. The van der Waals surface area contributed by atoms with Gasteiger partial charge in [0.15, 0.2) is 0 Å². The number of carbonyl (C=O) groups is 1. The van der Waals surface area contributed by atoms with Gasteiger partial charge in [0.05, 0.1) is 28.4 Å². The fourth-order valence-electron chi connectivity index (χ4n) is 4.51. The van der Waals surface area contributed by atoms with Crippen molar-refractivity contribution in [2.24, 2.45) is 11.7 Å². The second kappa shape index (κ2) is 8.03. The Morgan fingerprint density at radius 1 is 1.10 bits per heavy atom. The van der Waals surface area contributed by atoms with Gasteiger partial charge in [-0.2, -0.15) is 0 Å².